The molecule has 0 bridgehead atoms. The predicted octanol–water partition coefficient (Wildman–Crippen LogP) is 0.886. The first-order chi connectivity index (χ1) is 4.47. The van der Waals surface area contributed by atoms with Gasteiger partial charge in [0.2, 0.25) is 0 Å². The van der Waals surface area contributed by atoms with Crippen LogP contribution in [-0.4, -0.2) is 17.3 Å². The normalized spacial score (nSPS) is 38.4. The molecule has 0 aromatic rings. The molecule has 1 aliphatic carbocycles. The van der Waals surface area contributed by atoms with E-state index in [-0.39, 0.29) is 0 Å². The third-order valence-electron chi connectivity index (χ3n) is 2.45. The van der Waals surface area contributed by atoms with Gasteiger partial charge in [0.25, 0.3) is 0 Å². The Morgan fingerprint density at radius 1 is 1.40 bits per heavy atom. The Bertz CT molecular complexity index is 133. The fourth-order valence-corrected chi connectivity index (χ4v) is 1.81. The summed E-state index contributed by atoms with van der Waals surface area (Å²) in [4.78, 5) is 0. The predicted molar refractivity (Wildman–Crippen MR) is 41.6 cm³/mol. The molecule has 0 aliphatic heterocycles. The average Bonchev–Trinajstić information content (AvgIpc) is 2.08. The maximum absolute atomic E-state index is 9.71. The third-order valence-corrected chi connectivity index (χ3v) is 2.45. The van der Waals surface area contributed by atoms with E-state index in [1.807, 2.05) is 0 Å². The van der Waals surface area contributed by atoms with Crippen LogP contribution in [0.25, 0.3) is 0 Å². The second-order valence-electron chi connectivity index (χ2n) is 4.27. The molecule has 3 N–H and O–H groups in total. The van der Waals surface area contributed by atoms with Gasteiger partial charge < -0.3 is 10.8 Å². The van der Waals surface area contributed by atoms with E-state index in [4.69, 9.17) is 5.73 Å². The van der Waals surface area contributed by atoms with Gasteiger partial charge in [-0.1, -0.05) is 13.8 Å². The van der Waals surface area contributed by atoms with Crippen molar-refractivity contribution in [3.8, 4) is 0 Å². The standard InChI is InChI=1S/C8H17NO/c1-7(2)3-4-8(10,5-7)6-9/h10H,3-6,9H2,1-2H3. The molecule has 0 radical (unpaired) electrons. The van der Waals surface area contributed by atoms with Gasteiger partial charge in [-0.15, -0.1) is 0 Å². The van der Waals surface area contributed by atoms with Crippen molar-refractivity contribution in [1.82, 2.24) is 0 Å². The van der Waals surface area contributed by atoms with Crippen molar-refractivity contribution in [3.05, 3.63) is 0 Å². The minimum Gasteiger partial charge on any atom is -0.389 e. The summed E-state index contributed by atoms with van der Waals surface area (Å²) in [5.74, 6) is 0. The van der Waals surface area contributed by atoms with E-state index >= 15 is 0 Å². The van der Waals surface area contributed by atoms with Gasteiger partial charge in [0.15, 0.2) is 0 Å². The number of hydrogen-bond acceptors (Lipinski definition) is 2. The second-order valence-corrected chi connectivity index (χ2v) is 4.27. The summed E-state index contributed by atoms with van der Waals surface area (Å²) in [6, 6.07) is 0. The largest absolute Gasteiger partial charge is 0.389 e. The molecule has 1 rings (SSSR count). The molecule has 2 nitrogen and oxygen atoms in total. The Morgan fingerprint density at radius 3 is 2.20 bits per heavy atom. The molecule has 0 spiro atoms. The van der Waals surface area contributed by atoms with E-state index in [9.17, 15) is 5.11 Å². The molecular weight excluding hydrogens is 126 g/mol. The quantitative estimate of drug-likeness (QED) is 0.572. The first kappa shape index (κ1) is 8.02. The number of aliphatic hydroxyl groups is 1. The van der Waals surface area contributed by atoms with Gasteiger partial charge in [-0.25, -0.2) is 0 Å². The van der Waals surface area contributed by atoms with Crippen molar-refractivity contribution in [2.24, 2.45) is 11.1 Å². The molecule has 0 aromatic heterocycles. The van der Waals surface area contributed by atoms with Crippen LogP contribution in [0, 0.1) is 5.41 Å². The zero-order chi connectivity index (χ0) is 7.83. The third kappa shape index (κ3) is 1.50. The summed E-state index contributed by atoms with van der Waals surface area (Å²) in [6.07, 6.45) is 2.83. The van der Waals surface area contributed by atoms with Gasteiger partial charge in [0, 0.05) is 6.54 Å². The summed E-state index contributed by atoms with van der Waals surface area (Å²) in [7, 11) is 0. The topological polar surface area (TPSA) is 46.2 Å². The van der Waals surface area contributed by atoms with Crippen molar-refractivity contribution < 1.29 is 5.11 Å². The van der Waals surface area contributed by atoms with Crippen LogP contribution in [0.2, 0.25) is 0 Å². The van der Waals surface area contributed by atoms with Crippen molar-refractivity contribution in [2.45, 2.75) is 38.7 Å². The van der Waals surface area contributed by atoms with Crippen molar-refractivity contribution >= 4 is 0 Å². The van der Waals surface area contributed by atoms with Crippen LogP contribution in [0.3, 0.4) is 0 Å². The van der Waals surface area contributed by atoms with E-state index in [1.54, 1.807) is 0 Å². The molecule has 1 aliphatic rings. The van der Waals surface area contributed by atoms with Gasteiger partial charge in [0.05, 0.1) is 5.60 Å². The van der Waals surface area contributed by atoms with Crippen LogP contribution < -0.4 is 5.73 Å². The molecule has 0 aromatic carbocycles. The van der Waals surface area contributed by atoms with Crippen LogP contribution in [0.4, 0.5) is 0 Å². The first-order valence-electron chi connectivity index (χ1n) is 3.90. The molecule has 1 saturated carbocycles. The zero-order valence-electron chi connectivity index (χ0n) is 6.85. The van der Waals surface area contributed by atoms with Crippen LogP contribution in [0.15, 0.2) is 0 Å². The lowest BCUT2D eigenvalue weighted by atomic mass is 9.89. The van der Waals surface area contributed by atoms with Crippen molar-refractivity contribution in [2.75, 3.05) is 6.54 Å². The highest BCUT2D eigenvalue weighted by atomic mass is 16.3. The zero-order valence-corrected chi connectivity index (χ0v) is 6.85. The lowest BCUT2D eigenvalue weighted by Gasteiger charge is -2.22. The lowest BCUT2D eigenvalue weighted by molar-refractivity contribution is 0.0465. The molecule has 0 heterocycles. The number of nitrogens with two attached hydrogens (primary N) is 1. The molecule has 2 heteroatoms. The van der Waals surface area contributed by atoms with Gasteiger partial charge in [-0.3, -0.25) is 0 Å². The van der Waals surface area contributed by atoms with Crippen LogP contribution in [0.1, 0.15) is 33.1 Å². The van der Waals surface area contributed by atoms with Gasteiger partial charge >= 0.3 is 0 Å². The molecule has 10 heavy (non-hydrogen) atoms. The summed E-state index contributed by atoms with van der Waals surface area (Å²) in [6.45, 7) is 4.78. The monoisotopic (exact) mass is 143 g/mol. The SMILES string of the molecule is CC1(C)CCC(O)(CN)C1. The van der Waals surface area contributed by atoms with E-state index < -0.39 is 5.60 Å². The van der Waals surface area contributed by atoms with Crippen LogP contribution in [0.5, 0.6) is 0 Å². The fraction of sp³-hybridized carbons (Fsp3) is 1.00. The van der Waals surface area contributed by atoms with Crippen LogP contribution in [-0.2, 0) is 0 Å². The Balaban J connectivity index is 2.57. The molecule has 1 unspecified atom stereocenters. The van der Waals surface area contributed by atoms with Crippen LogP contribution >= 0.6 is 0 Å². The fourth-order valence-electron chi connectivity index (χ4n) is 1.81. The summed E-state index contributed by atoms with van der Waals surface area (Å²) in [5, 5.41) is 9.71. The van der Waals surface area contributed by atoms with Crippen molar-refractivity contribution in [1.29, 1.82) is 0 Å². The highest BCUT2D eigenvalue weighted by Gasteiger charge is 2.40. The summed E-state index contributed by atoms with van der Waals surface area (Å²) >= 11 is 0. The van der Waals surface area contributed by atoms with Gasteiger partial charge in [-0.05, 0) is 24.7 Å². The Labute approximate surface area is 62.4 Å². The lowest BCUT2D eigenvalue weighted by Crippen LogP contribution is -2.35. The minimum absolute atomic E-state index is 0.300. The van der Waals surface area contributed by atoms with E-state index in [1.165, 1.54) is 0 Å². The molecule has 0 saturated heterocycles. The summed E-state index contributed by atoms with van der Waals surface area (Å²) in [5.41, 5.74) is 5.19. The minimum atomic E-state index is -0.552. The van der Waals surface area contributed by atoms with Gasteiger partial charge in [0.1, 0.15) is 0 Å². The molecule has 1 fully saturated rings. The smallest absolute Gasteiger partial charge is 0.0774 e. The number of hydrogen-bond donors (Lipinski definition) is 2. The van der Waals surface area contributed by atoms with E-state index in [2.05, 4.69) is 13.8 Å². The Hall–Kier alpha value is -0.0800. The number of rotatable bonds is 1. The average molecular weight is 143 g/mol. The maximum atomic E-state index is 9.71. The molecule has 1 atom stereocenters. The molecule has 0 amide bonds. The summed E-state index contributed by atoms with van der Waals surface area (Å²) < 4.78 is 0. The Morgan fingerprint density at radius 2 is 2.00 bits per heavy atom. The molecular formula is C8H17NO. The van der Waals surface area contributed by atoms with E-state index in [0.717, 1.165) is 19.3 Å². The van der Waals surface area contributed by atoms with Gasteiger partial charge in [-0.2, -0.15) is 0 Å². The molecule has 60 valence electrons. The highest BCUT2D eigenvalue weighted by molar-refractivity contribution is 4.94. The second kappa shape index (κ2) is 2.21. The van der Waals surface area contributed by atoms with E-state index in [0.29, 0.717) is 12.0 Å². The highest BCUT2D eigenvalue weighted by Crippen LogP contribution is 2.42. The van der Waals surface area contributed by atoms with Crippen molar-refractivity contribution in [3.63, 3.8) is 0 Å². The Kier molecular flexibility index (Phi) is 1.77. The first-order valence-corrected chi connectivity index (χ1v) is 3.90. The maximum Gasteiger partial charge on any atom is 0.0774 e.